The van der Waals surface area contributed by atoms with Crippen molar-refractivity contribution in [3.05, 3.63) is 16.1 Å². The Kier molecular flexibility index (Phi) is 6.32. The number of rotatable bonds is 3. The zero-order valence-electron chi connectivity index (χ0n) is 23.3. The lowest BCUT2D eigenvalue weighted by Crippen LogP contribution is -2.63. The molecule has 1 amide bonds. The van der Waals surface area contributed by atoms with Gasteiger partial charge in [0.1, 0.15) is 36.3 Å². The SMILES string of the molecule is CC(C)(C)OC(=O)N1C2CCC1C1COc3c(F)c(Br)c(F)c4nc(OC[C@@]56CCCN5C[C@H](F)C6)nc(c34)N1C2. The van der Waals surface area contributed by atoms with Gasteiger partial charge in [-0.3, -0.25) is 9.80 Å². The first-order valence-electron chi connectivity index (χ1n) is 14.3. The van der Waals surface area contributed by atoms with Crippen molar-refractivity contribution < 1.29 is 32.2 Å². The molecule has 2 bridgehead atoms. The Morgan fingerprint density at radius 2 is 1.98 bits per heavy atom. The van der Waals surface area contributed by atoms with Crippen LogP contribution in [-0.4, -0.2) is 94.1 Å². The summed E-state index contributed by atoms with van der Waals surface area (Å²) in [6, 6.07) is -0.874. The molecule has 2 aromatic rings. The van der Waals surface area contributed by atoms with E-state index in [9.17, 15) is 9.18 Å². The molecule has 1 aromatic heterocycles. The van der Waals surface area contributed by atoms with Crippen molar-refractivity contribution in [2.24, 2.45) is 0 Å². The van der Waals surface area contributed by atoms with Crippen LogP contribution in [0.1, 0.15) is 52.9 Å². The monoisotopic (exact) mass is 639 g/mol. The molecule has 9 nitrogen and oxygen atoms in total. The third kappa shape index (κ3) is 4.32. The third-order valence-electron chi connectivity index (χ3n) is 9.19. The number of nitrogens with zero attached hydrogens (tertiary/aromatic N) is 5. The van der Waals surface area contributed by atoms with Crippen molar-refractivity contribution in [3.63, 3.8) is 0 Å². The number of amides is 1. The molecule has 13 heteroatoms. The second-order valence-corrected chi connectivity index (χ2v) is 13.7. The zero-order chi connectivity index (χ0) is 28.8. The smallest absolute Gasteiger partial charge is 0.410 e. The fourth-order valence-corrected chi connectivity index (χ4v) is 7.88. The summed E-state index contributed by atoms with van der Waals surface area (Å²) in [4.78, 5) is 28.2. The number of hydrogen-bond acceptors (Lipinski definition) is 8. The van der Waals surface area contributed by atoms with Gasteiger partial charge in [0.2, 0.25) is 0 Å². The Morgan fingerprint density at radius 3 is 2.76 bits per heavy atom. The summed E-state index contributed by atoms with van der Waals surface area (Å²) in [6.07, 6.45) is 2.28. The van der Waals surface area contributed by atoms with Crippen molar-refractivity contribution in [2.45, 2.75) is 88.3 Å². The van der Waals surface area contributed by atoms with Crippen molar-refractivity contribution in [2.75, 3.05) is 37.7 Å². The van der Waals surface area contributed by atoms with E-state index in [2.05, 4.69) is 25.8 Å². The molecule has 3 unspecified atom stereocenters. The summed E-state index contributed by atoms with van der Waals surface area (Å²) < 4.78 is 62.8. The number of alkyl halides is 1. The Balaban J connectivity index is 1.28. The summed E-state index contributed by atoms with van der Waals surface area (Å²) in [7, 11) is 0. The summed E-state index contributed by atoms with van der Waals surface area (Å²) in [6.45, 7) is 7.28. The molecule has 5 aliphatic rings. The van der Waals surface area contributed by atoms with Crippen LogP contribution in [0.25, 0.3) is 10.9 Å². The standard InChI is InChI=1S/C28H33BrF3N5O4/c1-27(2,3)41-26(38)37-15-5-6-16(37)17-12-39-23-18-22(20(31)19(29)21(23)32)33-25(34-24(18)36(17)11-15)40-13-28-7-4-8-35(28)10-14(30)9-28/h14-17H,4-13H2,1-3H3/t14-,15?,16?,17?,28+/m1/s1. The first kappa shape index (κ1) is 27.3. The fourth-order valence-electron chi connectivity index (χ4n) is 7.51. The maximum atomic E-state index is 15.6. The van der Waals surface area contributed by atoms with Crippen molar-refractivity contribution in [3.8, 4) is 11.8 Å². The lowest BCUT2D eigenvalue weighted by Gasteiger charge is -2.46. The first-order chi connectivity index (χ1) is 19.5. The van der Waals surface area contributed by atoms with Crippen LogP contribution in [0.15, 0.2) is 4.47 Å². The molecular formula is C28H33BrF3N5O4. The number of anilines is 1. The van der Waals surface area contributed by atoms with Gasteiger partial charge >= 0.3 is 12.1 Å². The maximum absolute atomic E-state index is 15.6. The third-order valence-corrected chi connectivity index (χ3v) is 9.89. The predicted octanol–water partition coefficient (Wildman–Crippen LogP) is 4.97. The van der Waals surface area contributed by atoms with Crippen molar-refractivity contribution in [1.29, 1.82) is 0 Å². The summed E-state index contributed by atoms with van der Waals surface area (Å²) in [5.41, 5.74) is -1.22. The molecule has 5 atom stereocenters. The van der Waals surface area contributed by atoms with E-state index >= 15 is 8.78 Å². The molecule has 0 spiro atoms. The largest absolute Gasteiger partial charge is 0.487 e. The van der Waals surface area contributed by atoms with E-state index in [0.717, 1.165) is 25.8 Å². The van der Waals surface area contributed by atoms with Gasteiger partial charge in [0.25, 0.3) is 0 Å². The highest BCUT2D eigenvalue weighted by molar-refractivity contribution is 9.10. The number of aromatic nitrogens is 2. The van der Waals surface area contributed by atoms with E-state index in [4.69, 9.17) is 19.2 Å². The van der Waals surface area contributed by atoms with E-state index in [1.165, 1.54) is 0 Å². The van der Waals surface area contributed by atoms with Crippen molar-refractivity contribution in [1.82, 2.24) is 19.8 Å². The lowest BCUT2D eigenvalue weighted by atomic mass is 9.95. The minimum Gasteiger partial charge on any atom is -0.487 e. The molecule has 7 rings (SSSR count). The van der Waals surface area contributed by atoms with Crippen molar-refractivity contribution >= 4 is 38.7 Å². The molecule has 0 saturated carbocycles. The van der Waals surface area contributed by atoms with Crippen LogP contribution in [-0.2, 0) is 4.74 Å². The van der Waals surface area contributed by atoms with Crippen LogP contribution >= 0.6 is 15.9 Å². The van der Waals surface area contributed by atoms with Crippen LogP contribution < -0.4 is 14.4 Å². The Morgan fingerprint density at radius 1 is 1.17 bits per heavy atom. The first-order valence-corrected chi connectivity index (χ1v) is 15.1. The number of piperazine rings is 1. The number of benzene rings is 1. The zero-order valence-corrected chi connectivity index (χ0v) is 24.8. The molecule has 222 valence electrons. The average Bonchev–Trinajstić information content (AvgIpc) is 3.50. The van der Waals surface area contributed by atoms with Gasteiger partial charge in [-0.25, -0.2) is 18.0 Å². The number of carbonyl (C=O) groups is 1. The molecule has 4 fully saturated rings. The molecule has 41 heavy (non-hydrogen) atoms. The topological polar surface area (TPSA) is 80.3 Å². The van der Waals surface area contributed by atoms with Crippen LogP contribution in [0.2, 0.25) is 0 Å². The molecular weight excluding hydrogens is 607 g/mol. The molecule has 0 radical (unpaired) electrons. The van der Waals surface area contributed by atoms with Crippen LogP contribution in [0, 0.1) is 11.6 Å². The lowest BCUT2D eigenvalue weighted by molar-refractivity contribution is 0.00537. The van der Waals surface area contributed by atoms with E-state index < -0.39 is 35.0 Å². The van der Waals surface area contributed by atoms with Gasteiger partial charge in [0.15, 0.2) is 17.4 Å². The summed E-state index contributed by atoms with van der Waals surface area (Å²) in [5, 5.41) is 0.133. The number of halogens is 4. The highest BCUT2D eigenvalue weighted by atomic mass is 79.9. The normalized spacial score (nSPS) is 30.7. The van der Waals surface area contributed by atoms with Gasteiger partial charge < -0.3 is 19.1 Å². The summed E-state index contributed by atoms with van der Waals surface area (Å²) >= 11 is 3.03. The van der Waals surface area contributed by atoms with Gasteiger partial charge in [-0.2, -0.15) is 9.97 Å². The van der Waals surface area contributed by atoms with Gasteiger partial charge in [-0.15, -0.1) is 0 Å². The van der Waals surface area contributed by atoms with Crippen LogP contribution in [0.4, 0.5) is 23.8 Å². The minimum atomic E-state index is -0.922. The Bertz CT molecular complexity index is 1430. The second kappa shape index (κ2) is 9.48. The Hall–Kier alpha value is -2.54. The number of ether oxygens (including phenoxy) is 3. The quantitative estimate of drug-likeness (QED) is 0.436. The van der Waals surface area contributed by atoms with E-state index in [-0.39, 0.29) is 58.5 Å². The van der Waals surface area contributed by atoms with E-state index in [1.54, 1.807) is 4.90 Å². The predicted molar refractivity (Wildman–Crippen MR) is 147 cm³/mol. The van der Waals surface area contributed by atoms with Crippen LogP contribution in [0.5, 0.6) is 11.8 Å². The summed E-state index contributed by atoms with van der Waals surface area (Å²) in [5.74, 6) is -1.58. The molecule has 0 aliphatic carbocycles. The minimum absolute atomic E-state index is 0.0537. The average molecular weight is 641 g/mol. The number of carbonyl (C=O) groups excluding carboxylic acids is 1. The second-order valence-electron chi connectivity index (χ2n) is 12.9. The highest BCUT2D eigenvalue weighted by Gasteiger charge is 2.52. The van der Waals surface area contributed by atoms with Gasteiger partial charge in [0, 0.05) is 19.5 Å². The molecule has 6 heterocycles. The number of fused-ring (bicyclic) bond motifs is 6. The van der Waals surface area contributed by atoms with E-state index in [0.29, 0.717) is 31.7 Å². The number of hydrogen-bond donors (Lipinski definition) is 0. The Labute approximate surface area is 244 Å². The van der Waals surface area contributed by atoms with Crippen LogP contribution in [0.3, 0.4) is 0 Å². The molecule has 4 saturated heterocycles. The molecule has 1 aromatic carbocycles. The fraction of sp³-hybridized carbons (Fsp3) is 0.679. The molecule has 0 N–H and O–H groups in total. The highest BCUT2D eigenvalue weighted by Crippen LogP contribution is 2.47. The maximum Gasteiger partial charge on any atom is 0.410 e. The molecule has 5 aliphatic heterocycles. The van der Waals surface area contributed by atoms with Gasteiger partial charge in [0.05, 0.1) is 33.5 Å². The van der Waals surface area contributed by atoms with E-state index in [1.807, 2.05) is 25.7 Å². The van der Waals surface area contributed by atoms with Gasteiger partial charge in [-0.1, -0.05) is 0 Å². The van der Waals surface area contributed by atoms with Gasteiger partial charge in [-0.05, 0) is 68.9 Å².